The number of halogens is 3. The molecule has 0 aliphatic carbocycles. The summed E-state index contributed by atoms with van der Waals surface area (Å²) in [5.41, 5.74) is -1.78. The third kappa shape index (κ3) is 9.41. The molecule has 4 heterocycles. The van der Waals surface area contributed by atoms with Crippen molar-refractivity contribution in [2.45, 2.75) is 81.2 Å². The first kappa shape index (κ1) is 37.0. The molecule has 2 N–H and O–H groups in total. The van der Waals surface area contributed by atoms with Crippen LogP contribution in [0.5, 0.6) is 0 Å². The summed E-state index contributed by atoms with van der Waals surface area (Å²) in [5, 5.41) is 0. The van der Waals surface area contributed by atoms with Gasteiger partial charge in [0.15, 0.2) is 0 Å². The van der Waals surface area contributed by atoms with Crippen LogP contribution in [0.1, 0.15) is 50.3 Å². The first-order chi connectivity index (χ1) is 21.6. The van der Waals surface area contributed by atoms with Crippen molar-refractivity contribution in [1.82, 2.24) is 19.1 Å². The third-order valence-corrected chi connectivity index (χ3v) is 8.92. The topological polar surface area (TPSA) is 191 Å². The molecule has 2 aliphatic rings. The Hall–Kier alpha value is -1.82. The number of alkyl halides is 3. The Bertz CT molecular complexity index is 1530. The molecule has 46 heavy (non-hydrogen) atoms. The molecule has 0 bridgehead atoms. The number of H-pyrrole nitrogens is 2. The van der Waals surface area contributed by atoms with Gasteiger partial charge in [0, 0.05) is 49.6 Å². The average Bonchev–Trinajstić information content (AvgIpc) is 3.57. The lowest BCUT2D eigenvalue weighted by Gasteiger charge is -2.25. The van der Waals surface area contributed by atoms with Crippen LogP contribution in [0.3, 0.4) is 0 Å². The van der Waals surface area contributed by atoms with E-state index < -0.39 is 77.6 Å². The summed E-state index contributed by atoms with van der Waals surface area (Å²) >= 11 is 17.5. The van der Waals surface area contributed by atoms with Gasteiger partial charge in [-0.2, -0.15) is 0 Å². The molecule has 0 saturated carbocycles. The molecule has 2 saturated heterocycles. The highest BCUT2D eigenvalue weighted by molar-refractivity contribution is 7.48. The van der Waals surface area contributed by atoms with Crippen molar-refractivity contribution in [3.05, 3.63) is 65.2 Å². The zero-order valence-electron chi connectivity index (χ0n) is 25.4. The first-order valence-electron chi connectivity index (χ1n) is 14.4. The number of nitrogens with one attached hydrogen (secondary N) is 2. The van der Waals surface area contributed by atoms with Gasteiger partial charge in [0.05, 0.1) is 25.4 Å². The number of ether oxygens (including phenoxy) is 4. The van der Waals surface area contributed by atoms with Gasteiger partial charge in [-0.25, -0.2) is 14.2 Å². The van der Waals surface area contributed by atoms with E-state index in [0.29, 0.717) is 24.3 Å². The smallest absolute Gasteiger partial charge is 0.376 e. The molecule has 2 aromatic heterocycles. The molecule has 0 radical (unpaired) electrons. The summed E-state index contributed by atoms with van der Waals surface area (Å²) in [6.07, 6.45) is -1.38. The quantitative estimate of drug-likeness (QED) is 0.214. The molecule has 2 aliphatic heterocycles. The lowest BCUT2D eigenvalue weighted by Crippen LogP contribution is -2.33. The average molecular weight is 734 g/mol. The van der Waals surface area contributed by atoms with E-state index in [4.69, 9.17) is 67.3 Å². The van der Waals surface area contributed by atoms with Crippen LogP contribution in [0.4, 0.5) is 0 Å². The molecule has 0 unspecified atom stereocenters. The second kappa shape index (κ2) is 15.6. The number of aromatic nitrogens is 4. The highest BCUT2D eigenvalue weighted by Crippen LogP contribution is 2.52. The van der Waals surface area contributed by atoms with Crippen molar-refractivity contribution < 1.29 is 37.1 Å². The van der Waals surface area contributed by atoms with Gasteiger partial charge < -0.3 is 18.9 Å². The number of phosphoric ester groups is 1. The number of hydrogen-bond donors (Lipinski definition) is 2. The highest BCUT2D eigenvalue weighted by Gasteiger charge is 2.43. The zero-order chi connectivity index (χ0) is 33.8. The number of hydrogen-bond acceptors (Lipinski definition) is 12. The second-order valence-corrected chi connectivity index (χ2v) is 14.8. The second-order valence-electron chi connectivity index (χ2n) is 10.6. The van der Waals surface area contributed by atoms with E-state index >= 15 is 0 Å². The van der Waals surface area contributed by atoms with E-state index in [-0.39, 0.29) is 26.1 Å². The molecule has 16 nitrogen and oxygen atoms in total. The van der Waals surface area contributed by atoms with Gasteiger partial charge in [0.25, 0.3) is 11.1 Å². The van der Waals surface area contributed by atoms with Crippen LogP contribution in [0.25, 0.3) is 0 Å². The van der Waals surface area contributed by atoms with Crippen LogP contribution >= 0.6 is 42.6 Å². The van der Waals surface area contributed by atoms with Crippen molar-refractivity contribution in [2.75, 3.05) is 33.0 Å². The van der Waals surface area contributed by atoms with Crippen molar-refractivity contribution in [3.8, 4) is 0 Å². The van der Waals surface area contributed by atoms with E-state index in [2.05, 4.69) is 9.97 Å². The predicted molar refractivity (Wildman–Crippen MR) is 166 cm³/mol. The van der Waals surface area contributed by atoms with Crippen LogP contribution in [0.15, 0.2) is 31.6 Å². The Labute approximate surface area is 277 Å². The van der Waals surface area contributed by atoms with Crippen molar-refractivity contribution >= 4 is 42.6 Å². The molecule has 4 rings (SSSR count). The Balaban J connectivity index is 1.49. The summed E-state index contributed by atoms with van der Waals surface area (Å²) in [4.78, 5) is 53.1. The number of aryl methyl sites for hydroxylation is 2. The number of nitrogens with zero attached hydrogens (tertiary/aromatic N) is 2. The fourth-order valence-electron chi connectivity index (χ4n) is 5.01. The molecule has 2 fully saturated rings. The Morgan fingerprint density at radius 1 is 0.804 bits per heavy atom. The monoisotopic (exact) mass is 732 g/mol. The zero-order valence-corrected chi connectivity index (χ0v) is 28.6. The van der Waals surface area contributed by atoms with Gasteiger partial charge in [-0.15, -0.1) is 0 Å². The SMILES string of the molecule is CCO[C@H]1C[C@H](n2cc(C)c(=O)[nH]c2=O)O[C@@H]1COP(=O)(OC[C@H]1O[C@@H](n2cc(C)c(=O)[nH]c2=O)C[C@@H]1OCC)OCC(Cl)(Cl)Cl. The van der Waals surface area contributed by atoms with Gasteiger partial charge in [0.2, 0.25) is 3.79 Å². The van der Waals surface area contributed by atoms with Crippen molar-refractivity contribution in [3.63, 3.8) is 0 Å². The maximum absolute atomic E-state index is 13.9. The molecule has 0 amide bonds. The minimum atomic E-state index is -4.50. The maximum Gasteiger partial charge on any atom is 0.475 e. The van der Waals surface area contributed by atoms with Gasteiger partial charge in [-0.3, -0.25) is 42.3 Å². The van der Waals surface area contributed by atoms with Crippen molar-refractivity contribution in [1.29, 1.82) is 0 Å². The molecule has 2 aromatic rings. The Morgan fingerprint density at radius 2 is 1.22 bits per heavy atom. The number of phosphoric acid groups is 1. The highest BCUT2D eigenvalue weighted by atomic mass is 35.6. The molecule has 6 atom stereocenters. The molecular formula is C26H36Cl3N4O12P. The van der Waals surface area contributed by atoms with Crippen LogP contribution in [0, 0.1) is 13.8 Å². The lowest BCUT2D eigenvalue weighted by molar-refractivity contribution is -0.0731. The largest absolute Gasteiger partial charge is 0.475 e. The normalized spacial score (nSPS) is 25.4. The number of aromatic amines is 2. The summed E-state index contributed by atoms with van der Waals surface area (Å²) in [6, 6.07) is 0. The van der Waals surface area contributed by atoms with Gasteiger partial charge in [-0.1, -0.05) is 34.8 Å². The van der Waals surface area contributed by atoms with E-state index in [1.54, 1.807) is 27.7 Å². The molecule has 258 valence electrons. The molecular weight excluding hydrogens is 698 g/mol. The summed E-state index contributed by atoms with van der Waals surface area (Å²) in [5.74, 6) is 0. The van der Waals surface area contributed by atoms with E-state index in [9.17, 15) is 23.7 Å². The molecule has 0 aromatic carbocycles. The van der Waals surface area contributed by atoms with Crippen LogP contribution in [0.2, 0.25) is 0 Å². The first-order valence-corrected chi connectivity index (χ1v) is 17.0. The van der Waals surface area contributed by atoms with Gasteiger partial charge >= 0.3 is 19.2 Å². The van der Waals surface area contributed by atoms with E-state index in [1.807, 2.05) is 0 Å². The van der Waals surface area contributed by atoms with Crippen LogP contribution in [-0.4, -0.2) is 80.3 Å². The fourth-order valence-corrected chi connectivity index (χ4v) is 6.64. The van der Waals surface area contributed by atoms with E-state index in [0.717, 1.165) is 0 Å². The maximum atomic E-state index is 13.9. The third-order valence-electron chi connectivity index (χ3n) is 7.21. The standard InChI is InChI=1S/C26H36Cl3N4O12P/c1-5-39-16-7-20(32-9-14(3)22(34)30-24(32)36)44-18(16)11-41-46(38,43-13-26(27,28)29)42-12-19-17(40-6-2)8-21(45-19)33-10-15(4)23(35)31-25(33)37/h9-10,16-21H,5-8,11-13H2,1-4H3,(H,30,34,36)(H,31,35,37)/t16-,17-,18+,19+,20+,21+/m0/s1. The number of rotatable bonds is 14. The molecule has 20 heteroatoms. The minimum absolute atomic E-state index is 0.213. The Kier molecular flexibility index (Phi) is 12.5. The summed E-state index contributed by atoms with van der Waals surface area (Å²) < 4.78 is 54.6. The minimum Gasteiger partial charge on any atom is -0.376 e. The Morgan fingerprint density at radius 3 is 1.59 bits per heavy atom. The van der Waals surface area contributed by atoms with Crippen LogP contribution < -0.4 is 22.5 Å². The summed E-state index contributed by atoms with van der Waals surface area (Å²) in [7, 11) is -4.50. The van der Waals surface area contributed by atoms with Crippen molar-refractivity contribution in [2.24, 2.45) is 0 Å². The van der Waals surface area contributed by atoms with Gasteiger partial charge in [-0.05, 0) is 27.7 Å². The fraction of sp³-hybridized carbons (Fsp3) is 0.692. The lowest BCUT2D eigenvalue weighted by atomic mass is 10.2. The van der Waals surface area contributed by atoms with Crippen LogP contribution in [-0.2, 0) is 37.1 Å². The predicted octanol–water partition coefficient (Wildman–Crippen LogP) is 2.62. The van der Waals surface area contributed by atoms with Gasteiger partial charge in [0.1, 0.15) is 31.3 Å². The van der Waals surface area contributed by atoms with E-state index in [1.165, 1.54) is 21.5 Å². The molecule has 0 spiro atoms. The summed E-state index contributed by atoms with van der Waals surface area (Å²) in [6.45, 7) is 5.79.